The Balaban J connectivity index is 0.00000242. The third-order valence-electron chi connectivity index (χ3n) is 2.97. The number of amides is 3. The van der Waals surface area contributed by atoms with Crippen LogP contribution < -0.4 is 16.4 Å². The number of rotatable bonds is 2. The number of allylic oxidation sites excluding steroid dienone is 3. The molecule has 2 rings (SSSR count). The van der Waals surface area contributed by atoms with Gasteiger partial charge in [-0.3, -0.25) is 14.9 Å². The van der Waals surface area contributed by atoms with Crippen molar-refractivity contribution in [2.45, 2.75) is 25.1 Å². The summed E-state index contributed by atoms with van der Waals surface area (Å²) < 4.78 is 26.9. The number of hydrogen-bond donors (Lipinski definition) is 3. The van der Waals surface area contributed by atoms with Crippen LogP contribution >= 0.6 is 0 Å². The molecule has 1 aliphatic carbocycles. The maximum absolute atomic E-state index is 13.5. The van der Waals surface area contributed by atoms with Gasteiger partial charge in [0.25, 0.3) is 0 Å². The summed E-state index contributed by atoms with van der Waals surface area (Å²) in [6, 6.07) is -0.937. The van der Waals surface area contributed by atoms with Gasteiger partial charge in [-0.2, -0.15) is 0 Å². The molecule has 0 saturated carbocycles. The van der Waals surface area contributed by atoms with Crippen molar-refractivity contribution < 1.29 is 44.2 Å². The quantitative estimate of drug-likeness (QED) is 0.373. The average Bonchev–Trinajstić information content (AvgIpc) is 2.52. The molecule has 0 radical (unpaired) electrons. The van der Waals surface area contributed by atoms with Crippen LogP contribution in [0.4, 0.5) is 8.78 Å². The number of nitrogens with one attached hydrogen (secondary N) is 2. The van der Waals surface area contributed by atoms with Crippen LogP contribution in [0, 0.1) is 6.08 Å². The summed E-state index contributed by atoms with van der Waals surface area (Å²) in [5.74, 6) is -2.95. The van der Waals surface area contributed by atoms with Crippen molar-refractivity contribution in [2.24, 2.45) is 5.73 Å². The summed E-state index contributed by atoms with van der Waals surface area (Å²) in [5.41, 5.74) is 4.47. The van der Waals surface area contributed by atoms with Crippen LogP contribution in [0.1, 0.15) is 12.8 Å². The Morgan fingerprint density at radius 1 is 1.45 bits per heavy atom. The van der Waals surface area contributed by atoms with Gasteiger partial charge >= 0.3 is 0 Å². The van der Waals surface area contributed by atoms with Gasteiger partial charge in [-0.05, 0) is 12.1 Å². The second-order valence-corrected chi connectivity index (χ2v) is 4.58. The Morgan fingerprint density at radius 3 is 2.77 bits per heavy atom. The predicted octanol–water partition coefficient (Wildman–Crippen LogP) is -0.317. The molecule has 1 heterocycles. The first-order valence-corrected chi connectivity index (χ1v) is 6.14. The molecule has 0 aromatic heterocycles. The standard InChI is InChI=1S/C13H12F2N3O3.W/c14-7-3-6(4-8(15)9(16)5-7)12(20)17-10-1-2-11(19)18-13(10)21;/h4-5,8,10H,1-2,16H2,(H,17,20)(H,18,19,21);/q-1;. The topological polar surface area (TPSA) is 101 Å². The molecule has 4 N–H and O–H groups in total. The second-order valence-electron chi connectivity index (χ2n) is 4.58. The minimum atomic E-state index is -1.83. The molecule has 0 spiro atoms. The molecule has 6 nitrogen and oxygen atoms in total. The fourth-order valence-corrected chi connectivity index (χ4v) is 1.87. The molecule has 9 heteroatoms. The second kappa shape index (κ2) is 7.44. The summed E-state index contributed by atoms with van der Waals surface area (Å²) in [6.45, 7) is 0. The van der Waals surface area contributed by atoms with Crippen LogP contribution in [0.5, 0.6) is 0 Å². The third kappa shape index (κ3) is 4.33. The normalized spacial score (nSPS) is 24.9. The van der Waals surface area contributed by atoms with Gasteiger partial charge < -0.3 is 15.8 Å². The van der Waals surface area contributed by atoms with Crippen LogP contribution in [0.2, 0.25) is 0 Å². The summed E-state index contributed by atoms with van der Waals surface area (Å²) in [7, 11) is 0. The van der Waals surface area contributed by atoms with Crippen molar-refractivity contribution in [1.82, 2.24) is 10.6 Å². The first kappa shape index (κ1) is 18.2. The van der Waals surface area contributed by atoms with Crippen molar-refractivity contribution in [3.05, 3.63) is 35.3 Å². The Labute approximate surface area is 139 Å². The van der Waals surface area contributed by atoms with Gasteiger partial charge in [0.05, 0.1) is 0 Å². The van der Waals surface area contributed by atoms with Crippen molar-refractivity contribution in [1.29, 1.82) is 0 Å². The smallest absolute Gasteiger partial charge is 0.248 e. The van der Waals surface area contributed by atoms with E-state index in [1.807, 2.05) is 0 Å². The molecule has 2 atom stereocenters. The molecule has 0 aromatic rings. The molecule has 1 fully saturated rings. The summed E-state index contributed by atoms with van der Waals surface area (Å²) in [6.07, 6.45) is 1.96. The zero-order chi connectivity index (χ0) is 15.6. The van der Waals surface area contributed by atoms with Crippen LogP contribution in [0.3, 0.4) is 0 Å². The predicted molar refractivity (Wildman–Crippen MR) is 67.4 cm³/mol. The van der Waals surface area contributed by atoms with Crippen molar-refractivity contribution in [3.63, 3.8) is 0 Å². The molecule has 0 bridgehead atoms. The minimum Gasteiger partial charge on any atom is -0.407 e. The summed E-state index contributed by atoms with van der Waals surface area (Å²) in [4.78, 5) is 34.4. The average molecular weight is 480 g/mol. The van der Waals surface area contributed by atoms with Gasteiger partial charge in [-0.15, -0.1) is 12.2 Å². The van der Waals surface area contributed by atoms with Gasteiger partial charge in [-0.1, -0.05) is 11.6 Å². The van der Waals surface area contributed by atoms with Crippen molar-refractivity contribution in [2.75, 3.05) is 0 Å². The summed E-state index contributed by atoms with van der Waals surface area (Å²) in [5, 5.41) is 4.36. The number of hydrogen-bond acceptors (Lipinski definition) is 4. The number of imide groups is 1. The van der Waals surface area contributed by atoms with E-state index in [2.05, 4.69) is 16.7 Å². The van der Waals surface area contributed by atoms with Crippen molar-refractivity contribution >= 4 is 17.7 Å². The Morgan fingerprint density at radius 2 is 2.14 bits per heavy atom. The Bertz CT molecular complexity index is 601. The monoisotopic (exact) mass is 480 g/mol. The van der Waals surface area contributed by atoms with E-state index in [-0.39, 0.29) is 39.6 Å². The molecular formula is C13H12F2N3O3W-. The number of alkyl halides is 1. The zero-order valence-electron chi connectivity index (χ0n) is 11.2. The van der Waals surface area contributed by atoms with Gasteiger partial charge in [0.2, 0.25) is 11.8 Å². The molecule has 118 valence electrons. The molecule has 1 aliphatic heterocycles. The number of carbonyl (C=O) groups is 3. The molecule has 1 saturated heterocycles. The first-order chi connectivity index (χ1) is 9.86. The maximum atomic E-state index is 13.5. The van der Waals surface area contributed by atoms with E-state index in [0.29, 0.717) is 0 Å². The number of nitrogens with two attached hydrogens (primary N) is 1. The van der Waals surface area contributed by atoms with Gasteiger partial charge in [0.15, 0.2) is 5.91 Å². The van der Waals surface area contributed by atoms with Gasteiger partial charge in [-0.25, -0.2) is 8.78 Å². The Hall–Kier alpha value is -1.82. The van der Waals surface area contributed by atoms with Crippen molar-refractivity contribution in [3.8, 4) is 0 Å². The fraction of sp³-hybridized carbons (Fsp3) is 0.308. The Kier molecular flexibility index (Phi) is 6.17. The van der Waals surface area contributed by atoms with Crippen LogP contribution in [-0.2, 0) is 35.4 Å². The first-order valence-electron chi connectivity index (χ1n) is 6.14. The molecule has 22 heavy (non-hydrogen) atoms. The number of halogens is 2. The van der Waals surface area contributed by atoms with E-state index in [4.69, 9.17) is 5.73 Å². The van der Waals surface area contributed by atoms with Crippen LogP contribution in [0.15, 0.2) is 29.2 Å². The molecule has 2 unspecified atom stereocenters. The number of carbonyl (C=O) groups excluding carboxylic acids is 3. The molecule has 0 aromatic carbocycles. The van der Waals surface area contributed by atoms with Crippen LogP contribution in [-0.4, -0.2) is 29.9 Å². The third-order valence-corrected chi connectivity index (χ3v) is 2.97. The van der Waals surface area contributed by atoms with E-state index in [9.17, 15) is 23.2 Å². The molecular weight excluding hydrogens is 468 g/mol. The molecule has 2 aliphatic rings. The van der Waals surface area contributed by atoms with Gasteiger partial charge in [0.1, 0.15) is 12.2 Å². The van der Waals surface area contributed by atoms with E-state index in [1.54, 1.807) is 0 Å². The zero-order valence-corrected chi connectivity index (χ0v) is 14.1. The minimum absolute atomic E-state index is 0. The SMILES string of the molecule is NC1=CC(F)=[C-]C(C(=O)NC2CCC(=O)NC2=O)=CC1F.[W]. The fourth-order valence-electron chi connectivity index (χ4n) is 1.87. The number of piperidine rings is 1. The van der Waals surface area contributed by atoms with E-state index >= 15 is 0 Å². The van der Waals surface area contributed by atoms with E-state index in [1.165, 1.54) is 0 Å². The van der Waals surface area contributed by atoms with Gasteiger partial charge in [0, 0.05) is 33.3 Å². The van der Waals surface area contributed by atoms with E-state index in [0.717, 1.165) is 12.2 Å². The molecule has 3 amide bonds. The largest absolute Gasteiger partial charge is 0.407 e. The maximum Gasteiger partial charge on any atom is 0.248 e. The van der Waals surface area contributed by atoms with Crippen LogP contribution in [0.25, 0.3) is 0 Å². The summed E-state index contributed by atoms with van der Waals surface area (Å²) >= 11 is 0. The van der Waals surface area contributed by atoms with E-state index < -0.39 is 41.3 Å².